The lowest BCUT2D eigenvalue weighted by molar-refractivity contribution is -0.139. The molecule has 1 atom stereocenters. The van der Waals surface area contributed by atoms with E-state index in [4.69, 9.17) is 4.74 Å². The van der Waals surface area contributed by atoms with Gasteiger partial charge in [-0.25, -0.2) is 4.98 Å². The van der Waals surface area contributed by atoms with E-state index in [1.165, 1.54) is 0 Å². The number of rotatable bonds is 9. The third-order valence-corrected chi connectivity index (χ3v) is 5.89. The maximum absolute atomic E-state index is 13.2. The highest BCUT2D eigenvalue weighted by molar-refractivity contribution is 6.46. The first-order chi connectivity index (χ1) is 16.5. The number of aromatic nitrogens is 2. The van der Waals surface area contributed by atoms with E-state index in [0.717, 1.165) is 17.5 Å². The first-order valence-corrected chi connectivity index (χ1v) is 11.5. The van der Waals surface area contributed by atoms with Crippen LogP contribution in [-0.4, -0.2) is 44.4 Å². The SMILES string of the molecule is CCCOc1cccc([C@@H]2/C(=C(\O)c3ccc(C)cc3)C(=O)C(=O)N2CCCn2ccnc2)c1. The lowest BCUT2D eigenvalue weighted by Crippen LogP contribution is -2.31. The number of carbonyl (C=O) groups excluding carboxylic acids is 2. The Hall–Kier alpha value is -3.87. The molecule has 7 nitrogen and oxygen atoms in total. The summed E-state index contributed by atoms with van der Waals surface area (Å²) in [6, 6.07) is 14.0. The van der Waals surface area contributed by atoms with Gasteiger partial charge in [0.15, 0.2) is 0 Å². The highest BCUT2D eigenvalue weighted by Crippen LogP contribution is 2.40. The summed E-state index contributed by atoms with van der Waals surface area (Å²) in [7, 11) is 0. The van der Waals surface area contributed by atoms with Crippen molar-refractivity contribution in [3.05, 3.63) is 89.5 Å². The molecular weight excluding hydrogens is 430 g/mol. The molecule has 1 saturated heterocycles. The van der Waals surface area contributed by atoms with Crippen molar-refractivity contribution >= 4 is 17.4 Å². The summed E-state index contributed by atoms with van der Waals surface area (Å²) < 4.78 is 7.72. The standard InChI is InChI=1S/C27H29N3O4/c1-3-16-34-22-7-4-6-21(17-22)24-23(25(31)20-10-8-19(2)9-11-20)26(32)27(33)30(24)14-5-13-29-15-12-28-18-29/h4,6-12,15,17-18,24,31H,3,5,13-14,16H2,1-2H3/b25-23+/t24-/m1/s1. The van der Waals surface area contributed by atoms with Crippen LogP contribution in [0.4, 0.5) is 0 Å². The molecule has 0 unspecified atom stereocenters. The first-order valence-electron chi connectivity index (χ1n) is 11.5. The predicted octanol–water partition coefficient (Wildman–Crippen LogP) is 4.49. The first kappa shape index (κ1) is 23.3. The Kier molecular flexibility index (Phi) is 7.11. The molecular formula is C27H29N3O4. The van der Waals surface area contributed by atoms with Gasteiger partial charge in [-0.3, -0.25) is 9.59 Å². The van der Waals surface area contributed by atoms with Crippen LogP contribution in [0.15, 0.2) is 72.8 Å². The number of aliphatic hydroxyl groups excluding tert-OH is 1. The van der Waals surface area contributed by atoms with Crippen LogP contribution in [0, 0.1) is 6.92 Å². The van der Waals surface area contributed by atoms with Crippen molar-refractivity contribution in [2.75, 3.05) is 13.2 Å². The summed E-state index contributed by atoms with van der Waals surface area (Å²) in [6.07, 6.45) is 6.78. The van der Waals surface area contributed by atoms with Crippen molar-refractivity contribution in [3.8, 4) is 5.75 Å². The van der Waals surface area contributed by atoms with E-state index in [2.05, 4.69) is 4.98 Å². The van der Waals surface area contributed by atoms with Gasteiger partial charge in [0.1, 0.15) is 11.5 Å². The minimum atomic E-state index is -0.700. The molecule has 2 aromatic carbocycles. The highest BCUT2D eigenvalue weighted by atomic mass is 16.5. The van der Waals surface area contributed by atoms with E-state index in [0.29, 0.717) is 37.4 Å². The third-order valence-electron chi connectivity index (χ3n) is 5.89. The van der Waals surface area contributed by atoms with Crippen molar-refractivity contribution in [1.82, 2.24) is 14.5 Å². The van der Waals surface area contributed by atoms with Gasteiger partial charge in [0, 0.05) is 31.0 Å². The van der Waals surface area contributed by atoms with Gasteiger partial charge in [-0.05, 0) is 37.5 Å². The Morgan fingerprint density at radius 1 is 1.12 bits per heavy atom. The number of aryl methyl sites for hydroxylation is 2. The van der Waals surface area contributed by atoms with Crippen molar-refractivity contribution in [2.24, 2.45) is 0 Å². The van der Waals surface area contributed by atoms with Crippen molar-refractivity contribution in [3.63, 3.8) is 0 Å². The number of aliphatic hydroxyl groups is 1. The molecule has 2 heterocycles. The highest BCUT2D eigenvalue weighted by Gasteiger charge is 2.45. The van der Waals surface area contributed by atoms with Crippen LogP contribution in [0.5, 0.6) is 5.75 Å². The maximum atomic E-state index is 13.2. The lowest BCUT2D eigenvalue weighted by Gasteiger charge is -2.26. The van der Waals surface area contributed by atoms with Gasteiger partial charge in [0.25, 0.3) is 11.7 Å². The van der Waals surface area contributed by atoms with Gasteiger partial charge in [0.2, 0.25) is 0 Å². The second-order valence-corrected chi connectivity index (χ2v) is 8.43. The summed E-state index contributed by atoms with van der Waals surface area (Å²) in [5.41, 5.74) is 2.37. The van der Waals surface area contributed by atoms with Crippen LogP contribution in [0.3, 0.4) is 0 Å². The lowest BCUT2D eigenvalue weighted by atomic mass is 9.95. The number of amides is 1. The Balaban J connectivity index is 1.73. The molecule has 1 aromatic heterocycles. The summed E-state index contributed by atoms with van der Waals surface area (Å²) in [5.74, 6) is -0.784. The minimum Gasteiger partial charge on any atom is -0.507 e. The fourth-order valence-electron chi connectivity index (χ4n) is 4.16. The van der Waals surface area contributed by atoms with Crippen molar-refractivity contribution in [2.45, 2.75) is 39.3 Å². The fraction of sp³-hybridized carbons (Fsp3) is 0.296. The van der Waals surface area contributed by atoms with Crippen LogP contribution < -0.4 is 4.74 Å². The van der Waals surface area contributed by atoms with Crippen LogP contribution in [-0.2, 0) is 16.1 Å². The second kappa shape index (κ2) is 10.4. The van der Waals surface area contributed by atoms with E-state index in [1.54, 1.807) is 29.6 Å². The topological polar surface area (TPSA) is 84.7 Å². The van der Waals surface area contributed by atoms with E-state index in [1.807, 2.05) is 61.0 Å². The molecule has 1 amide bonds. The summed E-state index contributed by atoms with van der Waals surface area (Å²) >= 11 is 0. The van der Waals surface area contributed by atoms with E-state index in [-0.39, 0.29) is 11.3 Å². The Morgan fingerprint density at radius 3 is 2.62 bits per heavy atom. The normalized spacial score (nSPS) is 17.4. The van der Waals surface area contributed by atoms with E-state index in [9.17, 15) is 14.7 Å². The van der Waals surface area contributed by atoms with Crippen molar-refractivity contribution < 1.29 is 19.4 Å². The smallest absolute Gasteiger partial charge is 0.295 e. The Morgan fingerprint density at radius 2 is 1.91 bits per heavy atom. The number of imidazole rings is 1. The van der Waals surface area contributed by atoms with Gasteiger partial charge in [-0.15, -0.1) is 0 Å². The third kappa shape index (κ3) is 4.88. The molecule has 1 fully saturated rings. The molecule has 3 aromatic rings. The zero-order chi connectivity index (χ0) is 24.1. The molecule has 1 aliphatic rings. The van der Waals surface area contributed by atoms with E-state index >= 15 is 0 Å². The molecule has 0 spiro atoms. The molecule has 4 rings (SSSR count). The fourth-order valence-corrected chi connectivity index (χ4v) is 4.16. The molecule has 1 N–H and O–H groups in total. The number of Topliss-reactive ketones (excluding diaryl/α,β-unsaturated/α-hetero) is 1. The van der Waals surface area contributed by atoms with Crippen LogP contribution in [0.25, 0.3) is 5.76 Å². The van der Waals surface area contributed by atoms with Gasteiger partial charge in [-0.1, -0.05) is 48.9 Å². The van der Waals surface area contributed by atoms with Crippen LogP contribution in [0.1, 0.15) is 42.5 Å². The molecule has 0 saturated carbocycles. The van der Waals surface area contributed by atoms with Crippen LogP contribution in [0.2, 0.25) is 0 Å². The molecule has 34 heavy (non-hydrogen) atoms. The number of likely N-dealkylation sites (tertiary alicyclic amines) is 1. The van der Waals surface area contributed by atoms with Gasteiger partial charge in [0.05, 0.1) is 24.5 Å². The average Bonchev–Trinajstić information content (AvgIpc) is 3.45. The molecule has 0 aliphatic carbocycles. The maximum Gasteiger partial charge on any atom is 0.295 e. The summed E-state index contributed by atoms with van der Waals surface area (Å²) in [6.45, 7) is 5.56. The molecule has 1 aliphatic heterocycles. The second-order valence-electron chi connectivity index (χ2n) is 8.43. The Bertz CT molecular complexity index is 1180. The average molecular weight is 460 g/mol. The summed E-state index contributed by atoms with van der Waals surface area (Å²) in [4.78, 5) is 31.9. The zero-order valence-corrected chi connectivity index (χ0v) is 19.5. The summed E-state index contributed by atoms with van der Waals surface area (Å²) in [5, 5.41) is 11.2. The number of ether oxygens (including phenoxy) is 1. The number of hydrogen-bond acceptors (Lipinski definition) is 5. The predicted molar refractivity (Wildman–Crippen MR) is 129 cm³/mol. The van der Waals surface area contributed by atoms with Crippen molar-refractivity contribution in [1.29, 1.82) is 0 Å². The molecule has 0 bridgehead atoms. The molecule has 7 heteroatoms. The van der Waals surface area contributed by atoms with E-state index < -0.39 is 17.7 Å². The quantitative estimate of drug-likeness (QED) is 0.289. The zero-order valence-electron chi connectivity index (χ0n) is 19.5. The number of nitrogens with zero attached hydrogens (tertiary/aromatic N) is 3. The minimum absolute atomic E-state index is 0.101. The largest absolute Gasteiger partial charge is 0.507 e. The van der Waals surface area contributed by atoms with Gasteiger partial charge >= 0.3 is 0 Å². The molecule has 176 valence electrons. The van der Waals surface area contributed by atoms with Gasteiger partial charge < -0.3 is 19.3 Å². The number of ketones is 1. The number of hydrogen-bond donors (Lipinski definition) is 1. The monoisotopic (exact) mass is 459 g/mol. The molecule has 0 radical (unpaired) electrons. The Labute approximate surface area is 199 Å². The van der Waals surface area contributed by atoms with Gasteiger partial charge in [-0.2, -0.15) is 0 Å². The van der Waals surface area contributed by atoms with Crippen LogP contribution >= 0.6 is 0 Å². The number of carbonyl (C=O) groups is 2. The number of benzene rings is 2.